The minimum Gasteiger partial charge on any atom is -0.377 e. The largest absolute Gasteiger partial charge is 0.403 e. The van der Waals surface area contributed by atoms with Crippen molar-refractivity contribution in [3.63, 3.8) is 0 Å². The summed E-state index contributed by atoms with van der Waals surface area (Å²) < 4.78 is 57.7. The number of ether oxygens (including phenoxy) is 1. The summed E-state index contributed by atoms with van der Waals surface area (Å²) in [5.74, 6) is 0.164. The number of nitrogens with zero attached hydrogens (tertiary/aromatic N) is 1. The Labute approximate surface area is 171 Å². The predicted octanol–water partition coefficient (Wildman–Crippen LogP) is 5.97. The molecule has 166 valence electrons. The SMILES string of the molecule is C=C.CCC(=N/C=C(\C)F)C12CCC(OCC3NC(C(F)(F)F)CC3C)CC1C2. The van der Waals surface area contributed by atoms with E-state index in [4.69, 9.17) is 4.74 Å². The molecule has 1 N–H and O–H groups in total. The smallest absolute Gasteiger partial charge is 0.377 e. The Morgan fingerprint density at radius 3 is 2.52 bits per heavy atom. The van der Waals surface area contributed by atoms with Gasteiger partial charge in [-0.1, -0.05) is 13.8 Å². The summed E-state index contributed by atoms with van der Waals surface area (Å²) in [5, 5.41) is 2.69. The number of hydrogen-bond acceptors (Lipinski definition) is 3. The fourth-order valence-electron chi connectivity index (χ4n) is 4.94. The van der Waals surface area contributed by atoms with Gasteiger partial charge in [-0.25, -0.2) is 4.39 Å². The van der Waals surface area contributed by atoms with Crippen molar-refractivity contribution >= 4 is 5.71 Å². The molecule has 3 fully saturated rings. The van der Waals surface area contributed by atoms with Crippen molar-refractivity contribution in [2.75, 3.05) is 6.61 Å². The summed E-state index contributed by atoms with van der Waals surface area (Å²) in [5.41, 5.74) is 1.17. The number of fused-ring (bicyclic) bond motifs is 1. The Bertz CT molecular complexity index is 614. The molecule has 3 aliphatic rings. The highest BCUT2D eigenvalue weighted by molar-refractivity contribution is 5.93. The van der Waals surface area contributed by atoms with Crippen LogP contribution in [0, 0.1) is 17.3 Å². The summed E-state index contributed by atoms with van der Waals surface area (Å²) in [7, 11) is 0. The number of halogens is 4. The van der Waals surface area contributed by atoms with E-state index in [1.807, 2.05) is 6.92 Å². The summed E-state index contributed by atoms with van der Waals surface area (Å²) >= 11 is 0. The average Bonchev–Trinajstić information content (AvgIpc) is 3.27. The molecular weight excluding hydrogens is 384 g/mol. The summed E-state index contributed by atoms with van der Waals surface area (Å²) in [6.07, 6.45) is 1.97. The summed E-state index contributed by atoms with van der Waals surface area (Å²) in [6.45, 7) is 11.6. The van der Waals surface area contributed by atoms with Crippen LogP contribution in [-0.2, 0) is 4.74 Å². The normalized spacial score (nSPS) is 37.6. The summed E-state index contributed by atoms with van der Waals surface area (Å²) in [4.78, 5) is 4.38. The van der Waals surface area contributed by atoms with Gasteiger partial charge in [-0.15, -0.1) is 13.2 Å². The number of nitrogens with one attached hydrogen (secondary N) is 1. The molecule has 6 unspecified atom stereocenters. The summed E-state index contributed by atoms with van der Waals surface area (Å²) in [6, 6.07) is -1.66. The second kappa shape index (κ2) is 9.73. The second-order valence-electron chi connectivity index (χ2n) is 8.51. The molecule has 7 heteroatoms. The molecule has 1 heterocycles. The van der Waals surface area contributed by atoms with Crippen LogP contribution >= 0.6 is 0 Å². The molecule has 0 amide bonds. The van der Waals surface area contributed by atoms with Crippen molar-refractivity contribution in [3.05, 3.63) is 25.2 Å². The maximum atomic E-state index is 13.0. The molecule has 2 saturated carbocycles. The van der Waals surface area contributed by atoms with Crippen LogP contribution < -0.4 is 5.32 Å². The molecule has 0 aromatic carbocycles. The highest BCUT2D eigenvalue weighted by atomic mass is 19.4. The highest BCUT2D eigenvalue weighted by Gasteiger charge is 2.59. The molecule has 1 aliphatic heterocycles. The molecule has 2 aliphatic carbocycles. The van der Waals surface area contributed by atoms with E-state index in [9.17, 15) is 17.6 Å². The number of allylic oxidation sites excluding steroid dienone is 1. The van der Waals surface area contributed by atoms with Gasteiger partial charge in [0.15, 0.2) is 0 Å². The lowest BCUT2D eigenvalue weighted by molar-refractivity contribution is -0.153. The van der Waals surface area contributed by atoms with Gasteiger partial charge in [-0.3, -0.25) is 4.99 Å². The highest BCUT2D eigenvalue weighted by Crippen LogP contribution is 2.63. The molecule has 0 bridgehead atoms. The van der Waals surface area contributed by atoms with Crippen LogP contribution in [0.15, 0.2) is 30.2 Å². The lowest BCUT2D eigenvalue weighted by Gasteiger charge is -2.30. The molecule has 29 heavy (non-hydrogen) atoms. The van der Waals surface area contributed by atoms with Crippen LogP contribution in [0.2, 0.25) is 0 Å². The Kier molecular flexibility index (Phi) is 8.08. The Morgan fingerprint density at radius 2 is 2.00 bits per heavy atom. The van der Waals surface area contributed by atoms with Crippen molar-refractivity contribution in [2.24, 2.45) is 22.2 Å². The lowest BCUT2D eigenvalue weighted by atomic mass is 9.82. The van der Waals surface area contributed by atoms with Crippen LogP contribution in [0.25, 0.3) is 0 Å². The zero-order chi connectivity index (χ0) is 21.8. The fraction of sp³-hybridized carbons (Fsp3) is 0.773. The fourth-order valence-corrected chi connectivity index (χ4v) is 4.94. The molecular formula is C22H34F4N2O. The second-order valence-corrected chi connectivity index (χ2v) is 8.51. The first kappa shape index (κ1) is 24.1. The molecule has 3 rings (SSSR count). The average molecular weight is 419 g/mol. The first-order chi connectivity index (χ1) is 13.7. The maximum Gasteiger partial charge on any atom is 0.403 e. The van der Waals surface area contributed by atoms with Gasteiger partial charge in [0.25, 0.3) is 0 Å². The van der Waals surface area contributed by atoms with Crippen LogP contribution in [0.5, 0.6) is 0 Å². The van der Waals surface area contributed by atoms with E-state index in [1.165, 1.54) is 13.1 Å². The lowest BCUT2D eigenvalue weighted by Crippen LogP contribution is -2.43. The van der Waals surface area contributed by atoms with Gasteiger partial charge in [0, 0.05) is 17.2 Å². The van der Waals surface area contributed by atoms with Gasteiger partial charge in [-0.2, -0.15) is 13.2 Å². The third kappa shape index (κ3) is 5.69. The Hall–Kier alpha value is -1.21. The van der Waals surface area contributed by atoms with E-state index in [-0.39, 0.29) is 35.7 Å². The van der Waals surface area contributed by atoms with Crippen molar-refractivity contribution in [1.29, 1.82) is 0 Å². The zero-order valence-corrected chi connectivity index (χ0v) is 17.7. The Morgan fingerprint density at radius 1 is 1.31 bits per heavy atom. The quantitative estimate of drug-likeness (QED) is 0.327. The first-order valence-electron chi connectivity index (χ1n) is 10.5. The van der Waals surface area contributed by atoms with Crippen LogP contribution in [0.3, 0.4) is 0 Å². The zero-order valence-electron chi connectivity index (χ0n) is 17.7. The number of aliphatic imine (C=N–C) groups is 1. The van der Waals surface area contributed by atoms with Crippen LogP contribution in [0.4, 0.5) is 17.6 Å². The van der Waals surface area contributed by atoms with E-state index in [2.05, 4.69) is 30.4 Å². The standard InChI is InChI=1S/C20H30F4N2O.C2H4/c1-4-17(25-10-13(3)21)19-6-5-15(8-14(19)9-19)27-11-16-12(2)7-18(26-16)20(22,23)24;1-2/h10,12,14-16,18,26H,4-9,11H2,1-3H3;1-2H2/b13-10+,25-17?;. The third-order valence-electron chi connectivity index (χ3n) is 6.62. The van der Waals surface area contributed by atoms with Crippen LogP contribution in [-0.4, -0.2) is 36.7 Å². The van der Waals surface area contributed by atoms with E-state index < -0.39 is 12.2 Å². The van der Waals surface area contributed by atoms with Gasteiger partial charge in [0.1, 0.15) is 11.9 Å². The molecule has 0 radical (unpaired) electrons. The molecule has 1 saturated heterocycles. The molecule has 0 aromatic rings. The molecule has 6 atom stereocenters. The monoisotopic (exact) mass is 418 g/mol. The van der Waals surface area contributed by atoms with Crippen molar-refractivity contribution in [2.45, 2.75) is 83.7 Å². The minimum atomic E-state index is -4.19. The van der Waals surface area contributed by atoms with E-state index in [0.29, 0.717) is 12.5 Å². The van der Waals surface area contributed by atoms with Gasteiger partial charge in [0.05, 0.1) is 18.9 Å². The number of alkyl halides is 3. The van der Waals surface area contributed by atoms with Crippen LogP contribution in [0.1, 0.15) is 59.3 Å². The topological polar surface area (TPSA) is 33.6 Å². The first-order valence-corrected chi connectivity index (χ1v) is 10.5. The van der Waals surface area contributed by atoms with E-state index in [1.54, 1.807) is 0 Å². The van der Waals surface area contributed by atoms with Gasteiger partial charge in [0.2, 0.25) is 0 Å². The molecule has 0 spiro atoms. The van der Waals surface area contributed by atoms with Crippen molar-refractivity contribution < 1.29 is 22.3 Å². The van der Waals surface area contributed by atoms with E-state index >= 15 is 0 Å². The van der Waals surface area contributed by atoms with Gasteiger partial charge in [-0.05, 0) is 57.3 Å². The number of hydrogen-bond donors (Lipinski definition) is 1. The van der Waals surface area contributed by atoms with Crippen molar-refractivity contribution in [3.8, 4) is 0 Å². The molecule has 3 nitrogen and oxygen atoms in total. The number of rotatable bonds is 6. The minimum absolute atomic E-state index is 0.0465. The predicted molar refractivity (Wildman–Crippen MR) is 109 cm³/mol. The molecule has 0 aromatic heterocycles. The van der Waals surface area contributed by atoms with Crippen molar-refractivity contribution in [1.82, 2.24) is 5.32 Å². The maximum absolute atomic E-state index is 13.0. The Balaban J connectivity index is 0.00000145. The van der Waals surface area contributed by atoms with Gasteiger partial charge < -0.3 is 10.1 Å². The van der Waals surface area contributed by atoms with E-state index in [0.717, 1.165) is 37.8 Å². The third-order valence-corrected chi connectivity index (χ3v) is 6.62. The van der Waals surface area contributed by atoms with Gasteiger partial charge >= 0.3 is 6.18 Å².